The molecule has 0 heterocycles. The van der Waals surface area contributed by atoms with Crippen molar-refractivity contribution in [1.29, 1.82) is 0 Å². The Labute approximate surface area is 183 Å². The van der Waals surface area contributed by atoms with Crippen LogP contribution in [-0.4, -0.2) is 10.2 Å². The van der Waals surface area contributed by atoms with Gasteiger partial charge in [0.2, 0.25) is 0 Å². The Hall–Kier alpha value is -3.20. The highest BCUT2D eigenvalue weighted by atomic mass is 16.3. The first kappa shape index (κ1) is 19.7. The van der Waals surface area contributed by atoms with Crippen LogP contribution in [0.3, 0.4) is 0 Å². The van der Waals surface area contributed by atoms with Gasteiger partial charge < -0.3 is 10.2 Å². The molecule has 0 saturated heterocycles. The lowest BCUT2D eigenvalue weighted by atomic mass is 9.67. The van der Waals surface area contributed by atoms with Crippen LogP contribution >= 0.6 is 0 Å². The minimum atomic E-state index is -0.501. The highest BCUT2D eigenvalue weighted by molar-refractivity contribution is 5.86. The summed E-state index contributed by atoms with van der Waals surface area (Å²) in [4.78, 5) is 0. The molecule has 0 fully saturated rings. The maximum atomic E-state index is 10.0. The van der Waals surface area contributed by atoms with Gasteiger partial charge in [-0.15, -0.1) is 0 Å². The van der Waals surface area contributed by atoms with E-state index in [0.717, 1.165) is 11.1 Å². The first-order chi connectivity index (χ1) is 15.0. The molecule has 4 aromatic rings. The maximum absolute atomic E-state index is 10.0. The monoisotopic (exact) mass is 406 g/mol. The molecular weight excluding hydrogens is 380 g/mol. The summed E-state index contributed by atoms with van der Waals surface area (Å²) in [6, 6.07) is 33.9. The Morgan fingerprint density at radius 2 is 0.871 bits per heavy atom. The molecule has 31 heavy (non-hydrogen) atoms. The summed E-state index contributed by atoms with van der Waals surface area (Å²) in [5, 5.41) is 20.1. The van der Waals surface area contributed by atoms with Crippen molar-refractivity contribution in [2.24, 2.45) is 0 Å². The van der Waals surface area contributed by atoms with Crippen molar-refractivity contribution < 1.29 is 10.2 Å². The summed E-state index contributed by atoms with van der Waals surface area (Å²) in [6.45, 7) is 3.58. The third-order valence-corrected chi connectivity index (χ3v) is 6.60. The molecule has 2 N–H and O–H groups in total. The molecule has 5 rings (SSSR count). The van der Waals surface area contributed by atoms with Gasteiger partial charge in [-0.3, -0.25) is 0 Å². The lowest BCUT2D eigenvalue weighted by Crippen LogP contribution is -2.28. The largest absolute Gasteiger partial charge is 0.389 e. The molecule has 2 nitrogen and oxygen atoms in total. The van der Waals surface area contributed by atoms with Crippen LogP contribution in [0.15, 0.2) is 97.1 Å². The van der Waals surface area contributed by atoms with Gasteiger partial charge in [-0.1, -0.05) is 97.1 Å². The van der Waals surface area contributed by atoms with Crippen molar-refractivity contribution in [2.75, 3.05) is 0 Å². The van der Waals surface area contributed by atoms with Crippen molar-refractivity contribution in [2.45, 2.75) is 31.5 Å². The van der Waals surface area contributed by atoms with Crippen LogP contribution in [-0.2, 0) is 5.41 Å². The molecule has 4 aromatic carbocycles. The van der Waals surface area contributed by atoms with Crippen LogP contribution in [0.2, 0.25) is 0 Å². The lowest BCUT2D eigenvalue weighted by molar-refractivity contribution is 0.199. The van der Waals surface area contributed by atoms with Gasteiger partial charge in [0.25, 0.3) is 0 Å². The summed E-state index contributed by atoms with van der Waals surface area (Å²) in [5.41, 5.74) is 8.69. The molecule has 0 bridgehead atoms. The number of fused-ring (bicyclic) bond motifs is 3. The Balaban J connectivity index is 1.84. The van der Waals surface area contributed by atoms with E-state index in [1.54, 1.807) is 13.8 Å². The zero-order valence-corrected chi connectivity index (χ0v) is 17.8. The average molecular weight is 407 g/mol. The third kappa shape index (κ3) is 2.95. The van der Waals surface area contributed by atoms with Gasteiger partial charge in [-0.05, 0) is 58.4 Å². The fraction of sp³-hybridized carbons (Fsp3) is 0.172. The van der Waals surface area contributed by atoms with E-state index in [-0.39, 0.29) is 0 Å². The van der Waals surface area contributed by atoms with E-state index >= 15 is 0 Å². The highest BCUT2D eigenvalue weighted by Crippen LogP contribution is 2.56. The molecule has 154 valence electrons. The fourth-order valence-electron chi connectivity index (χ4n) is 5.05. The van der Waals surface area contributed by atoms with Crippen molar-refractivity contribution in [3.8, 4) is 11.1 Å². The van der Waals surface area contributed by atoms with E-state index in [9.17, 15) is 10.2 Å². The predicted molar refractivity (Wildman–Crippen MR) is 125 cm³/mol. The van der Waals surface area contributed by atoms with E-state index in [0.29, 0.717) is 0 Å². The second-order valence-corrected chi connectivity index (χ2v) is 8.44. The standard InChI is InChI=1S/C29H26O2/c1-19(30)21-11-15-23(16-12-21)29(24-17-13-22(14-18-24)20(2)31)27-9-5-3-7-25(27)26-8-4-6-10-28(26)29/h3-20,30-31H,1-2H3. The number of aliphatic hydroxyl groups is 2. The van der Waals surface area contributed by atoms with E-state index in [4.69, 9.17) is 0 Å². The first-order valence-electron chi connectivity index (χ1n) is 10.8. The zero-order valence-electron chi connectivity index (χ0n) is 17.8. The molecule has 0 saturated carbocycles. The van der Waals surface area contributed by atoms with Gasteiger partial charge in [-0.2, -0.15) is 0 Å². The minimum Gasteiger partial charge on any atom is -0.389 e. The Morgan fingerprint density at radius 3 is 1.23 bits per heavy atom. The Kier molecular flexibility index (Phi) is 4.77. The van der Waals surface area contributed by atoms with Gasteiger partial charge in [0.05, 0.1) is 17.6 Å². The van der Waals surface area contributed by atoms with Gasteiger partial charge >= 0.3 is 0 Å². The number of aliphatic hydroxyl groups excluding tert-OH is 2. The van der Waals surface area contributed by atoms with Crippen LogP contribution in [0.1, 0.15) is 59.4 Å². The zero-order chi connectivity index (χ0) is 21.6. The van der Waals surface area contributed by atoms with Crippen molar-refractivity contribution in [1.82, 2.24) is 0 Å². The van der Waals surface area contributed by atoms with Crippen LogP contribution in [0, 0.1) is 0 Å². The second kappa shape index (κ2) is 7.49. The highest BCUT2D eigenvalue weighted by Gasteiger charge is 2.45. The Morgan fingerprint density at radius 1 is 0.516 bits per heavy atom. The third-order valence-electron chi connectivity index (χ3n) is 6.60. The predicted octanol–water partition coefficient (Wildman–Crippen LogP) is 6.16. The summed E-state index contributed by atoms with van der Waals surface area (Å²) in [6.07, 6.45) is -1.00. The molecule has 1 aliphatic rings. The van der Waals surface area contributed by atoms with Crippen LogP contribution in [0.5, 0.6) is 0 Å². The molecule has 0 spiro atoms. The molecule has 0 amide bonds. The summed E-state index contributed by atoms with van der Waals surface area (Å²) >= 11 is 0. The van der Waals surface area contributed by atoms with Crippen molar-refractivity contribution in [3.05, 3.63) is 130 Å². The van der Waals surface area contributed by atoms with Crippen LogP contribution in [0.4, 0.5) is 0 Å². The SMILES string of the molecule is CC(O)c1ccc(C2(c3ccc(C(C)O)cc3)c3ccccc3-c3ccccc32)cc1. The minimum absolute atomic E-state index is 0.457. The average Bonchev–Trinajstić information content (AvgIpc) is 3.11. The quantitative estimate of drug-likeness (QED) is 0.375. The fourth-order valence-corrected chi connectivity index (χ4v) is 5.05. The molecule has 2 atom stereocenters. The van der Waals surface area contributed by atoms with Gasteiger partial charge in [0.15, 0.2) is 0 Å². The number of hydrogen-bond donors (Lipinski definition) is 2. The van der Waals surface area contributed by atoms with Gasteiger partial charge in [0.1, 0.15) is 0 Å². The number of benzene rings is 4. The smallest absolute Gasteiger partial charge is 0.0761 e. The molecule has 2 unspecified atom stereocenters. The maximum Gasteiger partial charge on any atom is 0.0761 e. The molecule has 0 radical (unpaired) electrons. The molecule has 0 aliphatic heterocycles. The van der Waals surface area contributed by atoms with Crippen LogP contribution < -0.4 is 0 Å². The van der Waals surface area contributed by atoms with Crippen molar-refractivity contribution in [3.63, 3.8) is 0 Å². The first-order valence-corrected chi connectivity index (χ1v) is 10.8. The Bertz CT molecular complexity index is 1120. The van der Waals surface area contributed by atoms with E-state index < -0.39 is 17.6 Å². The summed E-state index contributed by atoms with van der Waals surface area (Å²) in [7, 11) is 0. The van der Waals surface area contributed by atoms with E-state index in [1.165, 1.54) is 33.4 Å². The summed E-state index contributed by atoms with van der Waals surface area (Å²) < 4.78 is 0. The summed E-state index contributed by atoms with van der Waals surface area (Å²) in [5.74, 6) is 0. The van der Waals surface area contributed by atoms with Gasteiger partial charge in [0, 0.05) is 0 Å². The van der Waals surface area contributed by atoms with Crippen LogP contribution in [0.25, 0.3) is 11.1 Å². The normalized spacial score (nSPS) is 15.7. The molecular formula is C29H26O2. The molecule has 2 heteroatoms. The van der Waals surface area contributed by atoms with Crippen molar-refractivity contribution >= 4 is 0 Å². The van der Waals surface area contributed by atoms with E-state index in [2.05, 4.69) is 72.8 Å². The number of hydrogen-bond acceptors (Lipinski definition) is 2. The van der Waals surface area contributed by atoms with E-state index in [1.807, 2.05) is 24.3 Å². The molecule has 0 aromatic heterocycles. The topological polar surface area (TPSA) is 40.5 Å². The molecule has 1 aliphatic carbocycles. The second-order valence-electron chi connectivity index (χ2n) is 8.44. The van der Waals surface area contributed by atoms with Gasteiger partial charge in [-0.25, -0.2) is 0 Å². The lowest BCUT2D eigenvalue weighted by Gasteiger charge is -2.34. The number of rotatable bonds is 4.